The average molecular weight is 367 g/mol. The predicted molar refractivity (Wildman–Crippen MR) is 105 cm³/mol. The maximum atomic E-state index is 12.7. The summed E-state index contributed by atoms with van der Waals surface area (Å²) in [4.78, 5) is 28.9. The minimum absolute atomic E-state index is 0.0231. The molecule has 0 atom stereocenters. The first-order chi connectivity index (χ1) is 12.9. The number of rotatable bonds is 7. The van der Waals surface area contributed by atoms with E-state index < -0.39 is 0 Å². The lowest BCUT2D eigenvalue weighted by Crippen LogP contribution is -2.28. The molecular formula is C20H25N5O2. The summed E-state index contributed by atoms with van der Waals surface area (Å²) in [6, 6.07) is 8.05. The van der Waals surface area contributed by atoms with Crippen molar-refractivity contribution in [2.45, 2.75) is 40.3 Å². The quantitative estimate of drug-likeness (QED) is 0.693. The van der Waals surface area contributed by atoms with Crippen molar-refractivity contribution < 1.29 is 4.79 Å². The van der Waals surface area contributed by atoms with Crippen LogP contribution in [0.25, 0.3) is 11.0 Å². The van der Waals surface area contributed by atoms with Crippen molar-refractivity contribution in [2.24, 2.45) is 5.92 Å². The van der Waals surface area contributed by atoms with Crippen molar-refractivity contribution in [3.05, 3.63) is 58.3 Å². The minimum atomic E-state index is -0.114. The van der Waals surface area contributed by atoms with Gasteiger partial charge in [0.2, 0.25) is 5.91 Å². The van der Waals surface area contributed by atoms with Crippen LogP contribution < -0.4 is 10.9 Å². The normalized spacial score (nSPS) is 11.3. The summed E-state index contributed by atoms with van der Waals surface area (Å²) in [6.45, 7) is 7.44. The molecule has 0 aliphatic rings. The number of carbonyl (C=O) groups is 1. The van der Waals surface area contributed by atoms with Crippen LogP contribution in [0, 0.1) is 12.8 Å². The molecule has 0 radical (unpaired) electrons. The second-order valence-electron chi connectivity index (χ2n) is 7.22. The summed E-state index contributed by atoms with van der Waals surface area (Å²) in [7, 11) is 0. The number of aryl methyl sites for hydroxylation is 1. The lowest BCUT2D eigenvalue weighted by molar-refractivity contribution is -0.121. The predicted octanol–water partition coefficient (Wildman–Crippen LogP) is 2.11. The van der Waals surface area contributed by atoms with Gasteiger partial charge in [-0.25, -0.2) is 9.67 Å². The van der Waals surface area contributed by atoms with Gasteiger partial charge in [-0.2, -0.15) is 5.10 Å². The van der Waals surface area contributed by atoms with Gasteiger partial charge < -0.3 is 5.32 Å². The van der Waals surface area contributed by atoms with Crippen LogP contribution in [0.5, 0.6) is 0 Å². The summed E-state index contributed by atoms with van der Waals surface area (Å²) in [5, 5.41) is 7.62. The largest absolute Gasteiger partial charge is 0.354 e. The highest BCUT2D eigenvalue weighted by Gasteiger charge is 2.11. The summed E-state index contributed by atoms with van der Waals surface area (Å²) in [6.07, 6.45) is 3.61. The Morgan fingerprint density at radius 2 is 2.11 bits per heavy atom. The zero-order valence-electron chi connectivity index (χ0n) is 16.0. The number of amides is 1. The first-order valence-electron chi connectivity index (χ1n) is 9.17. The van der Waals surface area contributed by atoms with Crippen LogP contribution in [-0.4, -0.2) is 31.8 Å². The van der Waals surface area contributed by atoms with Crippen LogP contribution in [0.4, 0.5) is 0 Å². The molecule has 7 heteroatoms. The summed E-state index contributed by atoms with van der Waals surface area (Å²) in [5.41, 5.74) is 2.63. The van der Waals surface area contributed by atoms with E-state index >= 15 is 0 Å². The first kappa shape index (κ1) is 18.8. The molecule has 1 amide bonds. The Kier molecular flexibility index (Phi) is 5.69. The zero-order valence-corrected chi connectivity index (χ0v) is 16.0. The Labute approximate surface area is 158 Å². The van der Waals surface area contributed by atoms with Gasteiger partial charge in [-0.15, -0.1) is 0 Å². The Hall–Kier alpha value is -2.96. The molecule has 0 aliphatic carbocycles. The van der Waals surface area contributed by atoms with E-state index in [0.29, 0.717) is 43.0 Å². The number of fused-ring (bicyclic) bond motifs is 1. The maximum absolute atomic E-state index is 12.7. The smallest absolute Gasteiger partial charge is 0.264 e. The fourth-order valence-electron chi connectivity index (χ4n) is 3.03. The van der Waals surface area contributed by atoms with Gasteiger partial charge in [-0.3, -0.25) is 14.2 Å². The molecule has 0 aliphatic heterocycles. The Morgan fingerprint density at radius 1 is 1.30 bits per heavy atom. The van der Waals surface area contributed by atoms with Crippen molar-refractivity contribution in [1.29, 1.82) is 0 Å². The van der Waals surface area contributed by atoms with Crippen molar-refractivity contribution in [1.82, 2.24) is 24.6 Å². The van der Waals surface area contributed by atoms with E-state index in [-0.39, 0.29) is 11.5 Å². The van der Waals surface area contributed by atoms with E-state index in [0.717, 1.165) is 11.1 Å². The molecule has 3 aromatic rings. The number of aromatic nitrogens is 4. The molecule has 1 aromatic carbocycles. The Bertz CT molecular complexity index is 1000. The van der Waals surface area contributed by atoms with Crippen molar-refractivity contribution in [3.8, 4) is 0 Å². The molecule has 3 rings (SSSR count). The van der Waals surface area contributed by atoms with Crippen molar-refractivity contribution in [2.75, 3.05) is 6.54 Å². The van der Waals surface area contributed by atoms with Gasteiger partial charge in [-0.1, -0.05) is 43.7 Å². The molecule has 7 nitrogen and oxygen atoms in total. The molecule has 2 aromatic heterocycles. The van der Waals surface area contributed by atoms with Gasteiger partial charge in [0, 0.05) is 13.0 Å². The average Bonchev–Trinajstić information content (AvgIpc) is 3.01. The molecule has 2 heterocycles. The van der Waals surface area contributed by atoms with Gasteiger partial charge in [0.15, 0.2) is 5.65 Å². The Morgan fingerprint density at radius 3 is 2.85 bits per heavy atom. The topological polar surface area (TPSA) is 81.8 Å². The number of carbonyl (C=O) groups excluding carboxylic acids is 1. The zero-order chi connectivity index (χ0) is 19.4. The number of nitrogens with one attached hydrogen (secondary N) is 1. The molecule has 0 saturated carbocycles. The van der Waals surface area contributed by atoms with Gasteiger partial charge in [0.25, 0.3) is 5.56 Å². The number of hydrogen-bond acceptors (Lipinski definition) is 4. The third-order valence-electron chi connectivity index (χ3n) is 4.30. The lowest BCUT2D eigenvalue weighted by Gasteiger charge is -2.08. The molecular weight excluding hydrogens is 342 g/mol. The van der Waals surface area contributed by atoms with Crippen molar-refractivity contribution in [3.63, 3.8) is 0 Å². The SMILES string of the molecule is Cc1cccc(Cn2cnc3c(cnn3CCNC(=O)CC(C)C)c2=O)c1. The van der Waals surface area contributed by atoms with Crippen LogP contribution in [-0.2, 0) is 17.9 Å². The molecule has 27 heavy (non-hydrogen) atoms. The van der Waals surface area contributed by atoms with Gasteiger partial charge in [0.1, 0.15) is 11.7 Å². The monoisotopic (exact) mass is 367 g/mol. The first-order valence-corrected chi connectivity index (χ1v) is 9.17. The van der Waals surface area contributed by atoms with Gasteiger partial charge in [0.05, 0.1) is 19.3 Å². The highest BCUT2D eigenvalue weighted by atomic mass is 16.1. The van der Waals surface area contributed by atoms with Crippen LogP contribution >= 0.6 is 0 Å². The fourth-order valence-corrected chi connectivity index (χ4v) is 3.03. The highest BCUT2D eigenvalue weighted by Crippen LogP contribution is 2.08. The van der Waals surface area contributed by atoms with Crippen LogP contribution in [0.2, 0.25) is 0 Å². The van der Waals surface area contributed by atoms with E-state index in [1.165, 1.54) is 0 Å². The highest BCUT2D eigenvalue weighted by molar-refractivity contribution is 5.76. The maximum Gasteiger partial charge on any atom is 0.264 e. The second-order valence-corrected chi connectivity index (χ2v) is 7.22. The molecule has 0 unspecified atom stereocenters. The van der Waals surface area contributed by atoms with E-state index in [2.05, 4.69) is 21.5 Å². The van der Waals surface area contributed by atoms with Crippen molar-refractivity contribution >= 4 is 16.9 Å². The van der Waals surface area contributed by atoms with E-state index in [1.54, 1.807) is 21.8 Å². The van der Waals surface area contributed by atoms with E-state index in [4.69, 9.17) is 0 Å². The van der Waals surface area contributed by atoms with Crippen LogP contribution in [0.15, 0.2) is 41.6 Å². The molecule has 142 valence electrons. The summed E-state index contributed by atoms with van der Waals surface area (Å²) < 4.78 is 3.25. The van der Waals surface area contributed by atoms with E-state index in [1.807, 2.05) is 39.0 Å². The second kappa shape index (κ2) is 8.16. The fraction of sp³-hybridized carbons (Fsp3) is 0.400. The third-order valence-corrected chi connectivity index (χ3v) is 4.30. The van der Waals surface area contributed by atoms with Gasteiger partial charge >= 0.3 is 0 Å². The number of nitrogens with zero attached hydrogens (tertiary/aromatic N) is 4. The molecule has 0 bridgehead atoms. The molecule has 0 spiro atoms. The third kappa shape index (κ3) is 4.61. The molecule has 1 N–H and O–H groups in total. The standard InChI is InChI=1S/C20H25N5O2/c1-14(2)9-18(26)21-7-8-25-19-17(11-23-25)20(27)24(13-22-19)12-16-6-4-5-15(3)10-16/h4-6,10-11,13-14H,7-9,12H2,1-3H3,(H,21,26). The van der Waals surface area contributed by atoms with Gasteiger partial charge in [-0.05, 0) is 18.4 Å². The van der Waals surface area contributed by atoms with E-state index in [9.17, 15) is 9.59 Å². The summed E-state index contributed by atoms with van der Waals surface area (Å²) >= 11 is 0. The summed E-state index contributed by atoms with van der Waals surface area (Å²) in [5.74, 6) is 0.346. The minimum Gasteiger partial charge on any atom is -0.354 e. The number of hydrogen-bond donors (Lipinski definition) is 1. The molecule has 0 saturated heterocycles. The Balaban J connectivity index is 1.73. The number of benzene rings is 1. The van der Waals surface area contributed by atoms with Crippen LogP contribution in [0.1, 0.15) is 31.4 Å². The van der Waals surface area contributed by atoms with Crippen LogP contribution in [0.3, 0.4) is 0 Å². The lowest BCUT2D eigenvalue weighted by atomic mass is 10.1. The molecule has 0 fully saturated rings.